The van der Waals surface area contributed by atoms with Gasteiger partial charge in [-0.3, -0.25) is 14.4 Å². The third-order valence-corrected chi connectivity index (χ3v) is 8.21. The summed E-state index contributed by atoms with van der Waals surface area (Å²) in [5.41, 5.74) is 2.44. The quantitative estimate of drug-likeness (QED) is 0.197. The molecule has 0 aliphatic carbocycles. The van der Waals surface area contributed by atoms with E-state index in [1.807, 2.05) is 37.7 Å². The third-order valence-electron chi connectivity index (χ3n) is 8.21. The molecule has 244 valence electrons. The number of imidazole rings is 1. The van der Waals surface area contributed by atoms with Gasteiger partial charge < -0.3 is 19.4 Å². The minimum absolute atomic E-state index is 0.135. The van der Waals surface area contributed by atoms with Crippen molar-refractivity contribution in [3.05, 3.63) is 53.9 Å². The van der Waals surface area contributed by atoms with Gasteiger partial charge in [0.25, 0.3) is 5.91 Å². The molecule has 1 fully saturated rings. The zero-order valence-corrected chi connectivity index (χ0v) is 27.6. The number of terminal acetylenes is 1. The Bertz CT molecular complexity index is 1780. The normalized spacial score (nSPS) is 15.7. The number of carbonyl (C=O) groups is 2. The van der Waals surface area contributed by atoms with Gasteiger partial charge in [-0.2, -0.15) is 5.10 Å². The number of halogens is 1. The largest absolute Gasteiger partial charge is 0.444 e. The molecule has 0 spiro atoms. The summed E-state index contributed by atoms with van der Waals surface area (Å²) in [6, 6.07) is 4.83. The molecule has 10 nitrogen and oxygen atoms in total. The smallest absolute Gasteiger partial charge is 0.411 e. The molecule has 2 amide bonds. The highest BCUT2D eigenvalue weighted by atomic mass is 19.1. The van der Waals surface area contributed by atoms with E-state index in [1.54, 1.807) is 34.7 Å². The Hall–Kier alpha value is -4.59. The highest BCUT2D eigenvalue weighted by Crippen LogP contribution is 2.33. The molecule has 5 rings (SSSR count). The standard InChI is InChI=1S/C35H44FN7O3/c1-8-10-11-23(3)18-42-22-28-30(40-16-14-26(21-40)43(15-9-2)34(45)46-35(5,6)7)13-12-27(31(28)39-42)33(44)38-25-17-29(36)32-37-24(4)19-41(32)20-25/h2,12-13,17,19-20,22-23,26H,8,10-11,14-16,18,21H2,1,3-7H3,(H,38,44)/t23?,26-/m0/s1. The van der Waals surface area contributed by atoms with Crippen molar-refractivity contribution in [1.82, 2.24) is 24.1 Å². The molecule has 3 aromatic heterocycles. The summed E-state index contributed by atoms with van der Waals surface area (Å²) in [4.78, 5) is 34.8. The number of benzene rings is 1. The molecular weight excluding hydrogens is 585 g/mol. The van der Waals surface area contributed by atoms with E-state index in [0.717, 1.165) is 30.3 Å². The Labute approximate surface area is 269 Å². The van der Waals surface area contributed by atoms with Crippen LogP contribution >= 0.6 is 0 Å². The van der Waals surface area contributed by atoms with E-state index >= 15 is 0 Å². The van der Waals surface area contributed by atoms with Crippen molar-refractivity contribution >= 4 is 39.9 Å². The Balaban J connectivity index is 1.46. The first-order valence-electron chi connectivity index (χ1n) is 16.0. The van der Waals surface area contributed by atoms with Gasteiger partial charge in [-0.1, -0.05) is 32.6 Å². The van der Waals surface area contributed by atoms with Gasteiger partial charge in [0, 0.05) is 55.4 Å². The van der Waals surface area contributed by atoms with Gasteiger partial charge in [0.1, 0.15) is 11.1 Å². The lowest BCUT2D eigenvalue weighted by atomic mass is 10.0. The molecule has 4 aromatic rings. The van der Waals surface area contributed by atoms with Crippen molar-refractivity contribution in [3.63, 3.8) is 0 Å². The summed E-state index contributed by atoms with van der Waals surface area (Å²) in [6.07, 6.45) is 14.6. The number of fused-ring (bicyclic) bond motifs is 2. The summed E-state index contributed by atoms with van der Waals surface area (Å²) < 4.78 is 23.9. The Morgan fingerprint density at radius 1 is 1.26 bits per heavy atom. The van der Waals surface area contributed by atoms with Crippen LogP contribution in [0.15, 0.2) is 36.8 Å². The molecule has 4 heterocycles. The lowest BCUT2D eigenvalue weighted by Gasteiger charge is -2.30. The molecule has 2 atom stereocenters. The fourth-order valence-corrected chi connectivity index (χ4v) is 6.08. The topological polar surface area (TPSA) is 97.0 Å². The first kappa shape index (κ1) is 32.8. The molecule has 0 saturated carbocycles. The second-order valence-corrected chi connectivity index (χ2v) is 13.3. The molecular formula is C35H44FN7O3. The molecule has 1 aromatic carbocycles. The predicted octanol–water partition coefficient (Wildman–Crippen LogP) is 6.66. The van der Waals surface area contributed by atoms with Crippen LogP contribution in [0.4, 0.5) is 20.6 Å². The van der Waals surface area contributed by atoms with E-state index in [1.165, 1.54) is 6.07 Å². The van der Waals surface area contributed by atoms with Gasteiger partial charge in [0.2, 0.25) is 0 Å². The second-order valence-electron chi connectivity index (χ2n) is 13.3. The summed E-state index contributed by atoms with van der Waals surface area (Å²) in [5, 5.41) is 8.60. The lowest BCUT2D eigenvalue weighted by molar-refractivity contribution is 0.0209. The van der Waals surface area contributed by atoms with Crippen LogP contribution in [0.5, 0.6) is 0 Å². The van der Waals surface area contributed by atoms with Crippen molar-refractivity contribution < 1.29 is 18.7 Å². The number of hydrogen-bond acceptors (Lipinski definition) is 6. The van der Waals surface area contributed by atoms with Crippen LogP contribution in [0.3, 0.4) is 0 Å². The number of ether oxygens (including phenoxy) is 1. The second kappa shape index (κ2) is 13.4. The number of hydrogen-bond donors (Lipinski definition) is 1. The maximum Gasteiger partial charge on any atom is 0.411 e. The first-order valence-corrected chi connectivity index (χ1v) is 16.0. The van der Waals surface area contributed by atoms with Gasteiger partial charge in [-0.25, -0.2) is 14.2 Å². The van der Waals surface area contributed by atoms with Crippen molar-refractivity contribution in [2.24, 2.45) is 5.92 Å². The Morgan fingerprint density at radius 3 is 2.76 bits per heavy atom. The van der Waals surface area contributed by atoms with Gasteiger partial charge in [0.05, 0.1) is 29.5 Å². The molecule has 1 unspecified atom stereocenters. The molecule has 0 radical (unpaired) electrons. The number of aromatic nitrogens is 4. The van der Waals surface area contributed by atoms with Crippen LogP contribution in [0.25, 0.3) is 16.6 Å². The maximum atomic E-state index is 14.8. The number of nitrogens with zero attached hydrogens (tertiary/aromatic N) is 6. The van der Waals surface area contributed by atoms with E-state index in [9.17, 15) is 14.0 Å². The van der Waals surface area contributed by atoms with Gasteiger partial charge in [-0.05, 0) is 58.6 Å². The number of rotatable bonds is 10. The molecule has 1 saturated heterocycles. The molecule has 1 aliphatic heterocycles. The third kappa shape index (κ3) is 7.27. The highest BCUT2D eigenvalue weighted by Gasteiger charge is 2.34. The van der Waals surface area contributed by atoms with E-state index in [2.05, 4.69) is 35.0 Å². The fraction of sp³-hybridized carbons (Fsp3) is 0.486. The number of amides is 2. The first-order chi connectivity index (χ1) is 21.9. The summed E-state index contributed by atoms with van der Waals surface area (Å²) in [6.45, 7) is 13.8. The average Bonchev–Trinajstić information content (AvgIpc) is 3.71. The monoisotopic (exact) mass is 629 g/mol. The summed E-state index contributed by atoms with van der Waals surface area (Å²) in [5.74, 6) is 2.10. The Kier molecular flexibility index (Phi) is 9.56. The Morgan fingerprint density at radius 2 is 2.04 bits per heavy atom. The van der Waals surface area contributed by atoms with Gasteiger partial charge >= 0.3 is 6.09 Å². The SMILES string of the molecule is C#CCN(C(=O)OC(C)(C)C)[C@H]1CCN(c2ccc(C(=O)Nc3cc(F)c4nc(C)cn4c3)c3nn(CC(C)CCCC)cc23)C1. The average molecular weight is 630 g/mol. The molecule has 11 heteroatoms. The van der Waals surface area contributed by atoms with E-state index < -0.39 is 17.5 Å². The number of pyridine rings is 1. The minimum Gasteiger partial charge on any atom is -0.444 e. The number of nitrogens with one attached hydrogen (secondary N) is 1. The maximum absolute atomic E-state index is 14.8. The fourth-order valence-electron chi connectivity index (χ4n) is 6.08. The molecule has 1 N–H and O–H groups in total. The van der Waals surface area contributed by atoms with E-state index in [-0.39, 0.29) is 24.1 Å². The molecule has 46 heavy (non-hydrogen) atoms. The van der Waals surface area contributed by atoms with Crippen LogP contribution in [0, 0.1) is 31.0 Å². The number of carbonyl (C=O) groups excluding carboxylic acids is 2. The van der Waals surface area contributed by atoms with E-state index in [0.29, 0.717) is 54.4 Å². The van der Waals surface area contributed by atoms with Gasteiger partial charge in [0.15, 0.2) is 11.5 Å². The van der Waals surface area contributed by atoms with Crippen LogP contribution < -0.4 is 10.2 Å². The van der Waals surface area contributed by atoms with Crippen LogP contribution in [-0.4, -0.2) is 67.3 Å². The van der Waals surface area contributed by atoms with Crippen LogP contribution in [0.1, 0.15) is 76.4 Å². The van der Waals surface area contributed by atoms with E-state index in [4.69, 9.17) is 16.3 Å². The number of unbranched alkanes of at least 4 members (excludes halogenated alkanes) is 1. The number of anilines is 2. The lowest BCUT2D eigenvalue weighted by Crippen LogP contribution is -2.45. The van der Waals surface area contributed by atoms with Crippen molar-refractivity contribution in [3.8, 4) is 12.3 Å². The zero-order valence-electron chi connectivity index (χ0n) is 27.6. The predicted molar refractivity (Wildman–Crippen MR) is 179 cm³/mol. The van der Waals surface area contributed by atoms with Crippen molar-refractivity contribution in [1.29, 1.82) is 0 Å². The zero-order chi connectivity index (χ0) is 33.2. The minimum atomic E-state index is -0.636. The van der Waals surface area contributed by atoms with Crippen LogP contribution in [0.2, 0.25) is 0 Å². The summed E-state index contributed by atoms with van der Waals surface area (Å²) >= 11 is 0. The highest BCUT2D eigenvalue weighted by molar-refractivity contribution is 6.14. The number of aryl methyl sites for hydroxylation is 1. The molecule has 0 bridgehead atoms. The van der Waals surface area contributed by atoms with Crippen LogP contribution in [-0.2, 0) is 11.3 Å². The van der Waals surface area contributed by atoms with Crippen molar-refractivity contribution in [2.45, 2.75) is 85.4 Å². The molecule has 1 aliphatic rings. The van der Waals surface area contributed by atoms with Crippen molar-refractivity contribution in [2.75, 3.05) is 29.9 Å². The summed E-state index contributed by atoms with van der Waals surface area (Å²) in [7, 11) is 0. The van der Waals surface area contributed by atoms with Gasteiger partial charge in [-0.15, -0.1) is 6.42 Å².